The minimum absolute atomic E-state index is 0.117. The first kappa shape index (κ1) is 16.4. The van der Waals surface area contributed by atoms with Gasteiger partial charge in [-0.05, 0) is 18.8 Å². The Balaban J connectivity index is 2.61. The highest BCUT2D eigenvalue weighted by molar-refractivity contribution is 5.48. The molecule has 1 aromatic rings. The summed E-state index contributed by atoms with van der Waals surface area (Å²) in [4.78, 5) is 14.7. The van der Waals surface area contributed by atoms with Crippen LogP contribution in [0, 0.1) is 22.5 Å². The molecule has 0 fully saturated rings. The number of hydrogen-bond acceptors (Lipinski definition) is 4. The van der Waals surface area contributed by atoms with Crippen LogP contribution < -0.4 is 5.32 Å². The van der Waals surface area contributed by atoms with Crippen molar-refractivity contribution in [2.24, 2.45) is 5.41 Å². The number of anilines is 1. The molecule has 5 heteroatoms. The van der Waals surface area contributed by atoms with Gasteiger partial charge in [0.2, 0.25) is 0 Å². The fraction of sp³-hybridized carbons (Fsp3) is 0.667. The van der Waals surface area contributed by atoms with Crippen LogP contribution in [-0.4, -0.2) is 16.5 Å². The summed E-state index contributed by atoms with van der Waals surface area (Å²) in [7, 11) is 0. The van der Waals surface area contributed by atoms with Crippen molar-refractivity contribution in [3.8, 4) is 0 Å². The number of aryl methyl sites for hydroxylation is 1. The molecule has 5 nitrogen and oxygen atoms in total. The highest BCUT2D eigenvalue weighted by atomic mass is 16.6. The molecular weight excluding hydrogens is 254 g/mol. The summed E-state index contributed by atoms with van der Waals surface area (Å²) < 4.78 is 0. The Bertz CT molecular complexity index is 458. The molecule has 20 heavy (non-hydrogen) atoms. The average Bonchev–Trinajstić information content (AvgIpc) is 2.37. The van der Waals surface area contributed by atoms with Crippen LogP contribution in [0.25, 0.3) is 0 Å². The van der Waals surface area contributed by atoms with E-state index in [9.17, 15) is 10.1 Å². The molecule has 0 atom stereocenters. The molecule has 0 spiro atoms. The van der Waals surface area contributed by atoms with Crippen LogP contribution in [0.5, 0.6) is 0 Å². The maximum atomic E-state index is 10.9. The average molecular weight is 279 g/mol. The van der Waals surface area contributed by atoms with Gasteiger partial charge in [0.05, 0.1) is 11.0 Å². The molecule has 0 unspecified atom stereocenters. The van der Waals surface area contributed by atoms with Crippen LogP contribution in [0.15, 0.2) is 12.3 Å². The zero-order chi connectivity index (χ0) is 15.2. The molecular formula is C15H25N3O2. The lowest BCUT2D eigenvalue weighted by molar-refractivity contribution is -0.385. The topological polar surface area (TPSA) is 68.1 Å². The Morgan fingerprint density at radius 2 is 2.10 bits per heavy atom. The normalized spacial score (nSPS) is 11.4. The van der Waals surface area contributed by atoms with E-state index in [0.29, 0.717) is 11.4 Å². The fourth-order valence-corrected chi connectivity index (χ4v) is 2.08. The maximum absolute atomic E-state index is 10.9. The quantitative estimate of drug-likeness (QED) is 0.437. The molecule has 0 saturated carbocycles. The van der Waals surface area contributed by atoms with Gasteiger partial charge in [0.1, 0.15) is 5.82 Å². The van der Waals surface area contributed by atoms with Crippen molar-refractivity contribution in [1.82, 2.24) is 4.98 Å². The van der Waals surface area contributed by atoms with Crippen LogP contribution in [-0.2, 0) is 0 Å². The van der Waals surface area contributed by atoms with Crippen molar-refractivity contribution in [2.75, 3.05) is 11.9 Å². The molecule has 0 amide bonds. The summed E-state index contributed by atoms with van der Waals surface area (Å²) in [5.74, 6) is 0.575. The molecule has 0 aliphatic heterocycles. The molecule has 0 aromatic carbocycles. The van der Waals surface area contributed by atoms with Crippen molar-refractivity contribution in [3.05, 3.63) is 27.9 Å². The Morgan fingerprint density at radius 3 is 2.70 bits per heavy atom. The van der Waals surface area contributed by atoms with E-state index < -0.39 is 0 Å². The lowest BCUT2D eigenvalue weighted by Crippen LogP contribution is -2.23. The minimum Gasteiger partial charge on any atom is -0.369 e. The second-order valence-electron chi connectivity index (χ2n) is 6.09. The van der Waals surface area contributed by atoms with Gasteiger partial charge < -0.3 is 5.32 Å². The molecule has 0 bridgehead atoms. The lowest BCUT2D eigenvalue weighted by atomic mass is 9.87. The Kier molecular flexibility index (Phi) is 5.92. The van der Waals surface area contributed by atoms with E-state index in [-0.39, 0.29) is 16.0 Å². The van der Waals surface area contributed by atoms with E-state index in [1.165, 1.54) is 25.3 Å². The highest BCUT2D eigenvalue weighted by Crippen LogP contribution is 2.25. The largest absolute Gasteiger partial charge is 0.369 e. The van der Waals surface area contributed by atoms with Crippen LogP contribution in [0.4, 0.5) is 11.5 Å². The molecule has 1 N–H and O–H groups in total. The molecule has 112 valence electrons. The SMILES string of the molecule is CCCCCC(C)(C)CNc1cc([N+](=O)[O-])c(C)cn1. The van der Waals surface area contributed by atoms with Gasteiger partial charge in [-0.2, -0.15) is 0 Å². The Morgan fingerprint density at radius 1 is 1.40 bits per heavy atom. The van der Waals surface area contributed by atoms with E-state index in [1.54, 1.807) is 13.1 Å². The summed E-state index contributed by atoms with van der Waals surface area (Å²) in [6, 6.07) is 1.51. The molecule has 0 aliphatic carbocycles. The van der Waals surface area contributed by atoms with Crippen LogP contribution in [0.1, 0.15) is 52.0 Å². The van der Waals surface area contributed by atoms with Gasteiger partial charge in [0.15, 0.2) is 0 Å². The minimum atomic E-state index is -0.366. The van der Waals surface area contributed by atoms with Gasteiger partial charge in [-0.3, -0.25) is 10.1 Å². The van der Waals surface area contributed by atoms with E-state index in [2.05, 4.69) is 31.1 Å². The highest BCUT2D eigenvalue weighted by Gasteiger charge is 2.18. The number of hydrogen-bond donors (Lipinski definition) is 1. The van der Waals surface area contributed by atoms with E-state index >= 15 is 0 Å². The first-order chi connectivity index (χ1) is 9.35. The standard InChI is InChI=1S/C15H25N3O2/c1-5-6-7-8-15(3,4)11-17-14-9-13(18(19)20)12(2)10-16-14/h9-10H,5-8,11H2,1-4H3,(H,16,17). The molecule has 0 saturated heterocycles. The number of aromatic nitrogens is 1. The third kappa shape index (κ3) is 5.15. The monoisotopic (exact) mass is 279 g/mol. The maximum Gasteiger partial charge on any atom is 0.277 e. The number of unbranched alkanes of at least 4 members (excludes halogenated alkanes) is 2. The predicted octanol–water partition coefficient (Wildman–Crippen LogP) is 4.32. The number of rotatable bonds is 8. The van der Waals surface area contributed by atoms with Gasteiger partial charge in [-0.15, -0.1) is 0 Å². The van der Waals surface area contributed by atoms with Crippen molar-refractivity contribution in [1.29, 1.82) is 0 Å². The fourth-order valence-electron chi connectivity index (χ4n) is 2.08. The summed E-state index contributed by atoms with van der Waals surface area (Å²) in [5, 5.41) is 14.1. The van der Waals surface area contributed by atoms with Crippen molar-refractivity contribution in [3.63, 3.8) is 0 Å². The van der Waals surface area contributed by atoms with E-state index in [4.69, 9.17) is 0 Å². The van der Waals surface area contributed by atoms with Crippen molar-refractivity contribution in [2.45, 2.75) is 53.4 Å². The second kappa shape index (κ2) is 7.22. The number of nitrogens with zero attached hydrogens (tertiary/aromatic N) is 2. The molecule has 1 heterocycles. The summed E-state index contributed by atoms with van der Waals surface area (Å²) in [5.41, 5.74) is 0.866. The summed E-state index contributed by atoms with van der Waals surface area (Å²) >= 11 is 0. The number of pyridine rings is 1. The first-order valence-electron chi connectivity index (χ1n) is 7.20. The number of nitro groups is 1. The molecule has 1 rings (SSSR count). The Labute approximate surface area is 121 Å². The summed E-state index contributed by atoms with van der Waals surface area (Å²) in [6.45, 7) is 9.07. The van der Waals surface area contributed by atoms with Gasteiger partial charge in [-0.25, -0.2) is 4.98 Å². The third-order valence-corrected chi connectivity index (χ3v) is 3.48. The third-order valence-electron chi connectivity index (χ3n) is 3.48. The van der Waals surface area contributed by atoms with Crippen LogP contribution in [0.2, 0.25) is 0 Å². The first-order valence-corrected chi connectivity index (χ1v) is 7.20. The van der Waals surface area contributed by atoms with Gasteiger partial charge >= 0.3 is 0 Å². The molecule has 0 radical (unpaired) electrons. The van der Waals surface area contributed by atoms with E-state index in [1.807, 2.05) is 0 Å². The van der Waals surface area contributed by atoms with Crippen molar-refractivity contribution < 1.29 is 4.92 Å². The van der Waals surface area contributed by atoms with Crippen LogP contribution in [0.3, 0.4) is 0 Å². The molecule has 0 aliphatic rings. The predicted molar refractivity (Wildman–Crippen MR) is 82.0 cm³/mol. The zero-order valence-electron chi connectivity index (χ0n) is 12.9. The Hall–Kier alpha value is -1.65. The second-order valence-corrected chi connectivity index (χ2v) is 6.09. The lowest BCUT2D eigenvalue weighted by Gasteiger charge is -2.25. The number of nitrogens with one attached hydrogen (secondary N) is 1. The van der Waals surface area contributed by atoms with E-state index in [0.717, 1.165) is 13.0 Å². The van der Waals surface area contributed by atoms with Crippen molar-refractivity contribution >= 4 is 11.5 Å². The zero-order valence-corrected chi connectivity index (χ0v) is 12.9. The molecule has 1 aromatic heterocycles. The smallest absolute Gasteiger partial charge is 0.277 e. The summed E-state index contributed by atoms with van der Waals surface area (Å²) in [6.07, 6.45) is 6.37. The van der Waals surface area contributed by atoms with Gasteiger partial charge in [0, 0.05) is 18.3 Å². The van der Waals surface area contributed by atoms with Gasteiger partial charge in [-0.1, -0.05) is 40.0 Å². The van der Waals surface area contributed by atoms with Crippen LogP contribution >= 0.6 is 0 Å². The van der Waals surface area contributed by atoms with Gasteiger partial charge in [0.25, 0.3) is 5.69 Å².